The Labute approximate surface area is 176 Å². The second-order valence-corrected chi connectivity index (χ2v) is 9.20. The molecular weight excluding hydrogens is 386 g/mol. The normalized spacial score (nSPS) is 32.9. The standard InChI is InChI=1S/C24H28F2N2O2/c25-20-6-5-18(15-21(20)26)22-19-4-2-1-3-17(19)7-11-28(22)23(29)30-16-24-8-12-27(13-9-24)14-10-24/h1-4,6,15,18,22H,5,7-14,16H2/t18?,22-/m1/s1. The fraction of sp³-hybridized carbons (Fsp3) is 0.542. The van der Waals surface area contributed by atoms with Crippen LogP contribution in [-0.2, 0) is 11.2 Å². The lowest BCUT2D eigenvalue weighted by molar-refractivity contribution is -0.0322. The second-order valence-electron chi connectivity index (χ2n) is 9.20. The summed E-state index contributed by atoms with van der Waals surface area (Å²) in [5.41, 5.74) is 2.28. The lowest BCUT2D eigenvalue weighted by atomic mass is 9.73. The van der Waals surface area contributed by atoms with Gasteiger partial charge in [-0.3, -0.25) is 0 Å². The van der Waals surface area contributed by atoms with E-state index >= 15 is 0 Å². The van der Waals surface area contributed by atoms with Crippen molar-refractivity contribution in [1.29, 1.82) is 0 Å². The van der Waals surface area contributed by atoms with Crippen LogP contribution in [0.4, 0.5) is 13.6 Å². The minimum atomic E-state index is -0.838. The third kappa shape index (κ3) is 3.55. The van der Waals surface area contributed by atoms with Gasteiger partial charge in [0.1, 0.15) is 0 Å². The van der Waals surface area contributed by atoms with Crippen molar-refractivity contribution >= 4 is 6.09 Å². The average Bonchev–Trinajstić information content (AvgIpc) is 2.80. The summed E-state index contributed by atoms with van der Waals surface area (Å²) in [7, 11) is 0. The quantitative estimate of drug-likeness (QED) is 0.703. The van der Waals surface area contributed by atoms with Gasteiger partial charge in [-0.1, -0.05) is 24.3 Å². The maximum Gasteiger partial charge on any atom is 0.410 e. The van der Waals surface area contributed by atoms with Crippen LogP contribution in [0.2, 0.25) is 0 Å². The highest BCUT2D eigenvalue weighted by molar-refractivity contribution is 5.69. The monoisotopic (exact) mass is 414 g/mol. The number of carbonyl (C=O) groups is 1. The van der Waals surface area contributed by atoms with Gasteiger partial charge < -0.3 is 14.5 Å². The van der Waals surface area contributed by atoms with Crippen LogP contribution in [0.5, 0.6) is 0 Å². The van der Waals surface area contributed by atoms with E-state index in [4.69, 9.17) is 4.74 Å². The van der Waals surface area contributed by atoms with Crippen LogP contribution < -0.4 is 0 Å². The molecule has 2 atom stereocenters. The Morgan fingerprint density at radius 3 is 2.53 bits per heavy atom. The van der Waals surface area contributed by atoms with E-state index in [9.17, 15) is 13.6 Å². The molecule has 1 aromatic rings. The third-order valence-electron chi connectivity index (χ3n) is 7.51. The van der Waals surface area contributed by atoms with Crippen molar-refractivity contribution in [3.05, 3.63) is 59.2 Å². The first-order valence-electron chi connectivity index (χ1n) is 11.0. The van der Waals surface area contributed by atoms with Crippen molar-refractivity contribution in [3.8, 4) is 0 Å². The number of nitrogens with zero attached hydrogens (tertiary/aromatic N) is 2. The summed E-state index contributed by atoms with van der Waals surface area (Å²) in [6, 6.07) is 7.63. The maximum atomic E-state index is 14.1. The molecule has 1 amide bonds. The van der Waals surface area contributed by atoms with Crippen molar-refractivity contribution in [1.82, 2.24) is 9.80 Å². The summed E-state index contributed by atoms with van der Waals surface area (Å²) >= 11 is 0. The van der Waals surface area contributed by atoms with E-state index in [2.05, 4.69) is 11.0 Å². The number of allylic oxidation sites excluding steroid dienone is 3. The van der Waals surface area contributed by atoms with Gasteiger partial charge in [0, 0.05) is 17.9 Å². The molecule has 0 radical (unpaired) electrons. The number of amides is 1. The summed E-state index contributed by atoms with van der Waals surface area (Å²) in [6.45, 7) is 4.23. The van der Waals surface area contributed by atoms with Crippen molar-refractivity contribution < 1.29 is 18.3 Å². The van der Waals surface area contributed by atoms with Crippen molar-refractivity contribution in [2.45, 2.75) is 38.1 Å². The zero-order chi connectivity index (χ0) is 20.7. The number of rotatable bonds is 3. The molecule has 3 saturated heterocycles. The summed E-state index contributed by atoms with van der Waals surface area (Å²) in [6.07, 6.45) is 6.62. The minimum Gasteiger partial charge on any atom is -0.449 e. The molecule has 30 heavy (non-hydrogen) atoms. The van der Waals surface area contributed by atoms with Gasteiger partial charge >= 0.3 is 6.09 Å². The predicted molar refractivity (Wildman–Crippen MR) is 110 cm³/mol. The molecule has 4 nitrogen and oxygen atoms in total. The highest BCUT2D eigenvalue weighted by Gasteiger charge is 2.42. The highest BCUT2D eigenvalue weighted by Crippen LogP contribution is 2.43. The Bertz CT molecular complexity index is 875. The van der Waals surface area contributed by atoms with Gasteiger partial charge in [0.15, 0.2) is 11.7 Å². The van der Waals surface area contributed by atoms with Gasteiger partial charge in [0.2, 0.25) is 0 Å². The highest BCUT2D eigenvalue weighted by atomic mass is 19.2. The van der Waals surface area contributed by atoms with Crippen LogP contribution in [0, 0.1) is 11.3 Å². The molecule has 4 aliphatic heterocycles. The van der Waals surface area contributed by atoms with Gasteiger partial charge in [0.25, 0.3) is 0 Å². The fourth-order valence-electron chi connectivity index (χ4n) is 5.57. The number of ether oxygens (including phenoxy) is 1. The van der Waals surface area contributed by atoms with Gasteiger partial charge in [-0.2, -0.15) is 0 Å². The molecule has 6 rings (SSSR count). The molecule has 0 N–H and O–H groups in total. The number of piperidine rings is 3. The van der Waals surface area contributed by atoms with Crippen LogP contribution in [-0.4, -0.2) is 48.7 Å². The van der Waals surface area contributed by atoms with E-state index in [0.717, 1.165) is 56.4 Å². The first kappa shape index (κ1) is 19.7. The van der Waals surface area contributed by atoms with E-state index in [1.54, 1.807) is 4.90 Å². The third-order valence-corrected chi connectivity index (χ3v) is 7.51. The first-order chi connectivity index (χ1) is 14.5. The molecule has 0 spiro atoms. The predicted octanol–water partition coefficient (Wildman–Crippen LogP) is 4.94. The fourth-order valence-corrected chi connectivity index (χ4v) is 5.57. The molecule has 0 aromatic heterocycles. The van der Waals surface area contributed by atoms with Gasteiger partial charge in [-0.25, -0.2) is 13.6 Å². The molecule has 1 aromatic carbocycles. The van der Waals surface area contributed by atoms with Gasteiger partial charge in [-0.05, 0) is 75.0 Å². The zero-order valence-corrected chi connectivity index (χ0v) is 17.2. The van der Waals surface area contributed by atoms with Crippen LogP contribution in [0.1, 0.15) is 42.9 Å². The van der Waals surface area contributed by atoms with Crippen LogP contribution in [0.25, 0.3) is 0 Å². The van der Waals surface area contributed by atoms with Crippen LogP contribution in [0.3, 0.4) is 0 Å². The number of hydrogen-bond donors (Lipinski definition) is 0. The molecule has 6 heteroatoms. The lowest BCUT2D eigenvalue weighted by Crippen LogP contribution is -2.51. The number of hydrogen-bond acceptors (Lipinski definition) is 3. The van der Waals surface area contributed by atoms with Crippen LogP contribution >= 0.6 is 0 Å². The minimum absolute atomic E-state index is 0.107. The average molecular weight is 414 g/mol. The Morgan fingerprint density at radius 1 is 1.07 bits per heavy atom. The van der Waals surface area contributed by atoms with Crippen molar-refractivity contribution in [3.63, 3.8) is 0 Å². The topological polar surface area (TPSA) is 32.8 Å². The lowest BCUT2D eigenvalue weighted by Gasteiger charge is -2.48. The number of carbonyl (C=O) groups excluding carboxylic acids is 1. The SMILES string of the molecule is O=C(OCC12CCN(CC1)CC2)N1CCc2ccccc2[C@H]1C1C=C(F)C(F)=CC1. The molecule has 2 bridgehead atoms. The second kappa shape index (κ2) is 7.80. The van der Waals surface area contributed by atoms with E-state index in [1.165, 1.54) is 12.2 Å². The zero-order valence-electron chi connectivity index (χ0n) is 17.2. The smallest absolute Gasteiger partial charge is 0.410 e. The molecule has 5 aliphatic rings. The molecule has 4 heterocycles. The van der Waals surface area contributed by atoms with E-state index in [1.807, 2.05) is 18.2 Å². The van der Waals surface area contributed by atoms with E-state index in [-0.39, 0.29) is 23.5 Å². The molecule has 1 aliphatic carbocycles. The molecule has 160 valence electrons. The number of benzene rings is 1. The first-order valence-corrected chi connectivity index (χ1v) is 11.0. The van der Waals surface area contributed by atoms with E-state index in [0.29, 0.717) is 19.6 Å². The molecular formula is C24H28F2N2O2. The Morgan fingerprint density at radius 2 is 1.80 bits per heavy atom. The largest absolute Gasteiger partial charge is 0.449 e. The summed E-state index contributed by atoms with van der Waals surface area (Å²) < 4.78 is 33.5. The maximum absolute atomic E-state index is 14.1. The number of halogens is 2. The van der Waals surface area contributed by atoms with Crippen LogP contribution in [0.15, 0.2) is 48.1 Å². The summed E-state index contributed by atoms with van der Waals surface area (Å²) in [4.78, 5) is 17.4. The van der Waals surface area contributed by atoms with Crippen molar-refractivity contribution in [2.75, 3.05) is 32.8 Å². The van der Waals surface area contributed by atoms with E-state index < -0.39 is 11.7 Å². The molecule has 1 unspecified atom stereocenters. The van der Waals surface area contributed by atoms with Gasteiger partial charge in [-0.15, -0.1) is 0 Å². The molecule has 3 fully saturated rings. The summed E-state index contributed by atoms with van der Waals surface area (Å²) in [5.74, 6) is -1.96. The Kier molecular flexibility index (Phi) is 5.13. The van der Waals surface area contributed by atoms with Crippen molar-refractivity contribution in [2.24, 2.45) is 11.3 Å². The summed E-state index contributed by atoms with van der Waals surface area (Å²) in [5, 5.41) is 0. The van der Waals surface area contributed by atoms with Gasteiger partial charge in [0.05, 0.1) is 12.6 Å². The number of fused-ring (bicyclic) bond motifs is 4. The Hall–Kier alpha value is -2.21. The Balaban J connectivity index is 1.37. The molecule has 0 saturated carbocycles.